The SMILES string of the molecule is N#C/C(=C/Nc1ccccn1)C(=O)N(CCO)CCO. The molecule has 0 spiro atoms. The number of aliphatic hydroxyl groups excluding tert-OH is 2. The van der Waals surface area contributed by atoms with E-state index in [0.717, 1.165) is 0 Å². The van der Waals surface area contributed by atoms with E-state index >= 15 is 0 Å². The number of aliphatic hydroxyl groups is 2. The molecule has 1 rings (SSSR count). The highest BCUT2D eigenvalue weighted by Gasteiger charge is 2.17. The van der Waals surface area contributed by atoms with Crippen molar-refractivity contribution >= 4 is 11.7 Å². The Kier molecular flexibility index (Phi) is 6.75. The first-order valence-electron chi connectivity index (χ1n) is 6.01. The molecule has 0 fully saturated rings. The molecule has 0 aliphatic carbocycles. The quantitative estimate of drug-likeness (QED) is 0.466. The van der Waals surface area contributed by atoms with Gasteiger partial charge < -0.3 is 20.4 Å². The van der Waals surface area contributed by atoms with Crippen LogP contribution >= 0.6 is 0 Å². The van der Waals surface area contributed by atoms with Gasteiger partial charge >= 0.3 is 0 Å². The second-order valence-electron chi connectivity index (χ2n) is 3.77. The van der Waals surface area contributed by atoms with Gasteiger partial charge in [-0.15, -0.1) is 0 Å². The molecule has 1 aromatic rings. The van der Waals surface area contributed by atoms with Gasteiger partial charge in [0, 0.05) is 25.5 Å². The molecule has 3 N–H and O–H groups in total. The van der Waals surface area contributed by atoms with E-state index in [-0.39, 0.29) is 31.9 Å². The number of nitrogens with zero attached hydrogens (tertiary/aromatic N) is 3. The topological polar surface area (TPSA) is 109 Å². The van der Waals surface area contributed by atoms with Crippen molar-refractivity contribution in [3.05, 3.63) is 36.2 Å². The molecule has 106 valence electrons. The summed E-state index contributed by atoms with van der Waals surface area (Å²) in [7, 11) is 0. The molecule has 0 unspecified atom stereocenters. The highest BCUT2D eigenvalue weighted by Crippen LogP contribution is 2.04. The van der Waals surface area contributed by atoms with Gasteiger partial charge in [-0.25, -0.2) is 4.98 Å². The number of aromatic nitrogens is 1. The van der Waals surface area contributed by atoms with Gasteiger partial charge in [0.1, 0.15) is 17.5 Å². The predicted molar refractivity (Wildman–Crippen MR) is 72.3 cm³/mol. The van der Waals surface area contributed by atoms with E-state index in [2.05, 4.69) is 10.3 Å². The Bertz CT molecular complexity index is 490. The number of rotatable bonds is 7. The molecular weight excluding hydrogens is 260 g/mol. The van der Waals surface area contributed by atoms with Gasteiger partial charge in [-0.1, -0.05) is 6.07 Å². The summed E-state index contributed by atoms with van der Waals surface area (Å²) >= 11 is 0. The number of carbonyl (C=O) groups is 1. The van der Waals surface area contributed by atoms with E-state index in [1.54, 1.807) is 30.5 Å². The lowest BCUT2D eigenvalue weighted by Crippen LogP contribution is -2.36. The third-order valence-corrected chi connectivity index (χ3v) is 2.41. The van der Waals surface area contributed by atoms with Crippen molar-refractivity contribution in [2.75, 3.05) is 31.6 Å². The molecule has 0 saturated heterocycles. The fourth-order valence-corrected chi connectivity index (χ4v) is 1.46. The fourth-order valence-electron chi connectivity index (χ4n) is 1.46. The van der Waals surface area contributed by atoms with Crippen LogP contribution in [0.5, 0.6) is 0 Å². The molecule has 0 aliphatic rings. The van der Waals surface area contributed by atoms with E-state index in [9.17, 15) is 4.79 Å². The lowest BCUT2D eigenvalue weighted by Gasteiger charge is -2.19. The Balaban J connectivity index is 2.78. The maximum absolute atomic E-state index is 12.0. The van der Waals surface area contributed by atoms with Crippen molar-refractivity contribution < 1.29 is 15.0 Å². The Labute approximate surface area is 116 Å². The van der Waals surface area contributed by atoms with Crippen molar-refractivity contribution in [1.29, 1.82) is 5.26 Å². The number of hydrogen-bond acceptors (Lipinski definition) is 6. The third-order valence-electron chi connectivity index (χ3n) is 2.41. The summed E-state index contributed by atoms with van der Waals surface area (Å²) in [5.41, 5.74) is -0.127. The first-order valence-corrected chi connectivity index (χ1v) is 6.01. The summed E-state index contributed by atoms with van der Waals surface area (Å²) in [5, 5.41) is 29.5. The van der Waals surface area contributed by atoms with Crippen LogP contribution in [-0.2, 0) is 4.79 Å². The average molecular weight is 276 g/mol. The van der Waals surface area contributed by atoms with Gasteiger partial charge in [0.05, 0.1) is 13.2 Å². The zero-order valence-electron chi connectivity index (χ0n) is 10.9. The van der Waals surface area contributed by atoms with Crippen molar-refractivity contribution in [3.63, 3.8) is 0 Å². The van der Waals surface area contributed by atoms with Crippen LogP contribution in [0.15, 0.2) is 36.2 Å². The second kappa shape index (κ2) is 8.63. The van der Waals surface area contributed by atoms with Gasteiger partial charge in [0.2, 0.25) is 0 Å². The van der Waals surface area contributed by atoms with Crippen molar-refractivity contribution in [3.8, 4) is 6.07 Å². The van der Waals surface area contributed by atoms with Crippen LogP contribution in [0.2, 0.25) is 0 Å². The molecule has 0 atom stereocenters. The van der Waals surface area contributed by atoms with Gasteiger partial charge in [-0.3, -0.25) is 4.79 Å². The van der Waals surface area contributed by atoms with Crippen LogP contribution < -0.4 is 5.32 Å². The smallest absolute Gasteiger partial charge is 0.266 e. The van der Waals surface area contributed by atoms with Crippen LogP contribution in [0, 0.1) is 11.3 Å². The number of nitriles is 1. The molecule has 1 amide bonds. The molecule has 1 heterocycles. The minimum atomic E-state index is -0.556. The van der Waals surface area contributed by atoms with Gasteiger partial charge in [0.15, 0.2) is 0 Å². The summed E-state index contributed by atoms with van der Waals surface area (Å²) in [6.07, 6.45) is 2.83. The summed E-state index contributed by atoms with van der Waals surface area (Å²) < 4.78 is 0. The Hall–Kier alpha value is -2.43. The van der Waals surface area contributed by atoms with E-state index < -0.39 is 5.91 Å². The highest BCUT2D eigenvalue weighted by atomic mass is 16.3. The van der Waals surface area contributed by atoms with Crippen LogP contribution in [0.25, 0.3) is 0 Å². The van der Waals surface area contributed by atoms with E-state index in [1.807, 2.05) is 0 Å². The predicted octanol–water partition coefficient (Wildman–Crippen LogP) is -0.286. The van der Waals surface area contributed by atoms with Gasteiger partial charge in [-0.05, 0) is 12.1 Å². The highest BCUT2D eigenvalue weighted by molar-refractivity contribution is 5.97. The first kappa shape index (κ1) is 15.6. The minimum Gasteiger partial charge on any atom is -0.395 e. The summed E-state index contributed by atoms with van der Waals surface area (Å²) in [6.45, 7) is -0.361. The summed E-state index contributed by atoms with van der Waals surface area (Å²) in [5.74, 6) is -0.0528. The van der Waals surface area contributed by atoms with Crippen LogP contribution in [-0.4, -0.2) is 52.3 Å². The average Bonchev–Trinajstić information content (AvgIpc) is 2.48. The zero-order chi connectivity index (χ0) is 14.8. The number of carbonyl (C=O) groups excluding carboxylic acids is 1. The molecule has 0 saturated carbocycles. The molecule has 7 nitrogen and oxygen atoms in total. The van der Waals surface area contributed by atoms with Crippen molar-refractivity contribution in [1.82, 2.24) is 9.88 Å². The van der Waals surface area contributed by atoms with Crippen molar-refractivity contribution in [2.45, 2.75) is 0 Å². The van der Waals surface area contributed by atoms with E-state index in [0.29, 0.717) is 5.82 Å². The van der Waals surface area contributed by atoms with Crippen LogP contribution in [0.4, 0.5) is 5.82 Å². The molecule has 0 radical (unpaired) electrons. The molecular formula is C13H16N4O3. The minimum absolute atomic E-state index is 0.0575. The number of amides is 1. The maximum atomic E-state index is 12.0. The second-order valence-corrected chi connectivity index (χ2v) is 3.77. The third kappa shape index (κ3) is 4.68. The fraction of sp³-hybridized carbons (Fsp3) is 0.308. The zero-order valence-corrected chi connectivity index (χ0v) is 10.9. The van der Waals surface area contributed by atoms with E-state index in [4.69, 9.17) is 15.5 Å². The molecule has 1 aromatic heterocycles. The molecule has 0 aromatic carbocycles. The molecule has 7 heteroatoms. The number of pyridine rings is 1. The number of nitrogens with one attached hydrogen (secondary N) is 1. The number of anilines is 1. The first-order chi connectivity index (χ1) is 9.72. The molecule has 20 heavy (non-hydrogen) atoms. The van der Waals surface area contributed by atoms with E-state index in [1.165, 1.54) is 11.1 Å². The Morgan fingerprint density at radius 3 is 2.60 bits per heavy atom. The molecule has 0 aliphatic heterocycles. The van der Waals surface area contributed by atoms with Crippen LogP contribution in [0.3, 0.4) is 0 Å². The molecule has 0 bridgehead atoms. The van der Waals surface area contributed by atoms with Gasteiger partial charge in [-0.2, -0.15) is 5.26 Å². The maximum Gasteiger partial charge on any atom is 0.266 e. The normalized spacial score (nSPS) is 10.8. The Morgan fingerprint density at radius 2 is 2.10 bits per heavy atom. The number of hydrogen-bond donors (Lipinski definition) is 3. The lowest BCUT2D eigenvalue weighted by atomic mass is 10.2. The largest absolute Gasteiger partial charge is 0.395 e. The monoisotopic (exact) mass is 276 g/mol. The summed E-state index contributed by atoms with van der Waals surface area (Å²) in [6, 6.07) is 6.99. The standard InChI is InChI=1S/C13H16N4O3/c14-9-11(10-16-12-3-1-2-4-15-12)13(20)17(5-7-18)6-8-19/h1-4,10,18-19H,5-8H2,(H,15,16)/b11-10-. The lowest BCUT2D eigenvalue weighted by molar-refractivity contribution is -0.127. The Morgan fingerprint density at radius 1 is 1.40 bits per heavy atom. The van der Waals surface area contributed by atoms with Crippen molar-refractivity contribution in [2.24, 2.45) is 0 Å². The summed E-state index contributed by atoms with van der Waals surface area (Å²) in [4.78, 5) is 17.2. The van der Waals surface area contributed by atoms with Gasteiger partial charge in [0.25, 0.3) is 5.91 Å². The van der Waals surface area contributed by atoms with Crippen LogP contribution in [0.1, 0.15) is 0 Å².